The van der Waals surface area contributed by atoms with Crippen molar-refractivity contribution in [2.75, 3.05) is 27.7 Å². The van der Waals surface area contributed by atoms with Crippen LogP contribution in [0, 0.1) is 0 Å². The molecule has 0 aliphatic rings. The van der Waals surface area contributed by atoms with Crippen LogP contribution in [-0.4, -0.2) is 45.5 Å². The molecule has 0 fully saturated rings. The number of nitrogens with one attached hydrogen (secondary N) is 2. The molecule has 0 spiro atoms. The van der Waals surface area contributed by atoms with Gasteiger partial charge in [-0.2, -0.15) is 0 Å². The molecule has 0 aliphatic heterocycles. The molecule has 2 N–H and O–H groups in total. The molecule has 6 nitrogen and oxygen atoms in total. The van der Waals surface area contributed by atoms with Crippen molar-refractivity contribution < 1.29 is 13.2 Å². The van der Waals surface area contributed by atoms with E-state index in [0.717, 1.165) is 40.7 Å². The Morgan fingerprint density at radius 1 is 1.11 bits per heavy atom. The van der Waals surface area contributed by atoms with Crippen molar-refractivity contribution in [2.24, 2.45) is 0 Å². The Labute approximate surface area is 166 Å². The maximum absolute atomic E-state index is 12.8. The maximum Gasteiger partial charge on any atom is 0.218 e. The van der Waals surface area contributed by atoms with Gasteiger partial charge in [-0.15, -0.1) is 0 Å². The molecule has 0 unspecified atom stereocenters. The van der Waals surface area contributed by atoms with Crippen LogP contribution in [-0.2, 0) is 28.7 Å². The highest BCUT2D eigenvalue weighted by molar-refractivity contribution is 7.88. The Balaban J connectivity index is 1.74. The summed E-state index contributed by atoms with van der Waals surface area (Å²) in [5, 5.41) is 4.23. The van der Waals surface area contributed by atoms with Crippen LogP contribution in [0.5, 0.6) is 5.75 Å². The van der Waals surface area contributed by atoms with Crippen molar-refractivity contribution in [2.45, 2.75) is 18.7 Å². The number of aromatic nitrogens is 1. The summed E-state index contributed by atoms with van der Waals surface area (Å²) in [6.45, 7) is 1.20. The van der Waals surface area contributed by atoms with Crippen molar-refractivity contribution in [3.63, 3.8) is 0 Å². The van der Waals surface area contributed by atoms with E-state index in [-0.39, 0.29) is 5.75 Å². The zero-order valence-corrected chi connectivity index (χ0v) is 17.3. The highest BCUT2D eigenvalue weighted by atomic mass is 32.2. The van der Waals surface area contributed by atoms with Gasteiger partial charge in [0.2, 0.25) is 10.0 Å². The van der Waals surface area contributed by atoms with Gasteiger partial charge in [-0.1, -0.05) is 18.2 Å². The Bertz CT molecular complexity index is 1030. The minimum atomic E-state index is -3.43. The van der Waals surface area contributed by atoms with Crippen LogP contribution in [0.3, 0.4) is 0 Å². The van der Waals surface area contributed by atoms with E-state index in [1.807, 2.05) is 55.7 Å². The minimum Gasteiger partial charge on any atom is -0.497 e. The third kappa shape index (κ3) is 4.73. The van der Waals surface area contributed by atoms with Gasteiger partial charge in [0.25, 0.3) is 0 Å². The van der Waals surface area contributed by atoms with Crippen LogP contribution in [0.4, 0.5) is 0 Å². The lowest BCUT2D eigenvalue weighted by atomic mass is 10.1. The zero-order chi connectivity index (χ0) is 20.1. The van der Waals surface area contributed by atoms with Crippen molar-refractivity contribution in [1.29, 1.82) is 0 Å². The summed E-state index contributed by atoms with van der Waals surface area (Å²) in [5.41, 5.74) is 3.93. The molecule has 0 saturated heterocycles. The lowest BCUT2D eigenvalue weighted by molar-refractivity contribution is 0.414. The lowest BCUT2D eigenvalue weighted by Gasteiger charge is -2.17. The smallest absolute Gasteiger partial charge is 0.218 e. The molecule has 0 atom stereocenters. The summed E-state index contributed by atoms with van der Waals surface area (Å²) >= 11 is 0. The van der Waals surface area contributed by atoms with E-state index in [1.54, 1.807) is 14.2 Å². The third-order valence-corrected chi connectivity index (χ3v) is 6.64. The normalized spacial score (nSPS) is 12.0. The predicted molar refractivity (Wildman–Crippen MR) is 113 cm³/mol. The highest BCUT2D eigenvalue weighted by Gasteiger charge is 2.19. The molecule has 7 heteroatoms. The number of benzene rings is 2. The fourth-order valence-corrected chi connectivity index (χ4v) is 4.36. The molecule has 0 amide bonds. The van der Waals surface area contributed by atoms with E-state index in [2.05, 4.69) is 10.3 Å². The molecule has 0 saturated carbocycles. The predicted octanol–water partition coefficient (Wildman–Crippen LogP) is 2.90. The number of hydrogen-bond donors (Lipinski definition) is 2. The van der Waals surface area contributed by atoms with Crippen molar-refractivity contribution in [1.82, 2.24) is 14.6 Å². The number of likely N-dealkylation sites (N-methyl/N-ethyl adjacent to an activating group) is 1. The van der Waals surface area contributed by atoms with Crippen LogP contribution in [0.1, 0.15) is 16.7 Å². The summed E-state index contributed by atoms with van der Waals surface area (Å²) in [5.74, 6) is 0.731. The molecule has 3 rings (SSSR count). The quantitative estimate of drug-likeness (QED) is 0.578. The summed E-state index contributed by atoms with van der Waals surface area (Å²) < 4.78 is 32.2. The summed E-state index contributed by atoms with van der Waals surface area (Å²) in [7, 11) is 1.72. The Hall–Kier alpha value is -2.35. The van der Waals surface area contributed by atoms with E-state index >= 15 is 0 Å². The van der Waals surface area contributed by atoms with Gasteiger partial charge in [-0.05, 0) is 61.0 Å². The topological polar surface area (TPSA) is 74.4 Å². The van der Waals surface area contributed by atoms with Crippen LogP contribution in [0.25, 0.3) is 10.9 Å². The molecular formula is C21H27N3O3S. The van der Waals surface area contributed by atoms with Crippen molar-refractivity contribution in [3.8, 4) is 5.75 Å². The highest BCUT2D eigenvalue weighted by Crippen LogP contribution is 2.22. The molecule has 150 valence electrons. The lowest BCUT2D eigenvalue weighted by Crippen LogP contribution is -2.27. The van der Waals surface area contributed by atoms with Gasteiger partial charge in [0.15, 0.2) is 0 Å². The number of fused-ring (bicyclic) bond motifs is 1. The monoisotopic (exact) mass is 401 g/mol. The summed E-state index contributed by atoms with van der Waals surface area (Å²) in [6.07, 6.45) is 2.89. The number of hydrogen-bond acceptors (Lipinski definition) is 4. The molecule has 0 radical (unpaired) electrons. The first-order valence-electron chi connectivity index (χ1n) is 9.23. The van der Waals surface area contributed by atoms with Crippen LogP contribution < -0.4 is 10.1 Å². The first-order chi connectivity index (χ1) is 13.4. The first-order valence-corrected chi connectivity index (χ1v) is 10.8. The number of rotatable bonds is 9. The fraction of sp³-hybridized carbons (Fsp3) is 0.333. The Morgan fingerprint density at radius 3 is 2.50 bits per heavy atom. The van der Waals surface area contributed by atoms with E-state index in [1.165, 1.54) is 9.87 Å². The molecule has 0 bridgehead atoms. The van der Waals surface area contributed by atoms with Crippen LogP contribution in [0.2, 0.25) is 0 Å². The molecule has 1 aromatic heterocycles. The van der Waals surface area contributed by atoms with E-state index < -0.39 is 10.0 Å². The average molecular weight is 402 g/mol. The van der Waals surface area contributed by atoms with E-state index in [0.29, 0.717) is 6.54 Å². The van der Waals surface area contributed by atoms with Gasteiger partial charge < -0.3 is 15.0 Å². The van der Waals surface area contributed by atoms with Gasteiger partial charge in [0.1, 0.15) is 5.75 Å². The van der Waals surface area contributed by atoms with E-state index in [9.17, 15) is 8.42 Å². The SMILES string of the molecule is CNCCc1c[nH]c2ccc(CS(=O)(=O)N(C)Cc3ccc(OC)cc3)cc12. The average Bonchev–Trinajstić information content (AvgIpc) is 3.08. The first kappa shape index (κ1) is 20.4. The molecule has 3 aromatic rings. The van der Waals surface area contributed by atoms with E-state index in [4.69, 9.17) is 4.74 Å². The second kappa shape index (κ2) is 8.77. The van der Waals surface area contributed by atoms with Crippen molar-refractivity contribution >= 4 is 20.9 Å². The summed E-state index contributed by atoms with van der Waals surface area (Å²) in [6, 6.07) is 13.2. The maximum atomic E-state index is 12.8. The standard InChI is InChI=1S/C21H27N3O3S/c1-22-11-10-18-13-23-21-9-6-17(12-20(18)21)15-28(25,26)24(2)14-16-4-7-19(27-3)8-5-16/h4-9,12-13,22-23H,10-11,14-15H2,1-3H3. The second-order valence-corrected chi connectivity index (χ2v) is 8.98. The molecule has 0 aliphatic carbocycles. The van der Waals surface area contributed by atoms with Gasteiger partial charge in [-0.25, -0.2) is 12.7 Å². The van der Waals surface area contributed by atoms with Crippen LogP contribution >= 0.6 is 0 Å². The molecule has 28 heavy (non-hydrogen) atoms. The number of sulfonamides is 1. The van der Waals surface area contributed by atoms with Gasteiger partial charge >= 0.3 is 0 Å². The molecule has 2 aromatic carbocycles. The fourth-order valence-electron chi connectivity index (χ4n) is 3.19. The van der Waals surface area contributed by atoms with Gasteiger partial charge in [0.05, 0.1) is 12.9 Å². The minimum absolute atomic E-state index is 0.0216. The number of methoxy groups -OCH3 is 1. The second-order valence-electron chi connectivity index (χ2n) is 6.91. The number of ether oxygens (including phenoxy) is 1. The van der Waals surface area contributed by atoms with Crippen LogP contribution in [0.15, 0.2) is 48.7 Å². The molecule has 1 heterocycles. The number of nitrogens with zero attached hydrogens (tertiary/aromatic N) is 1. The third-order valence-electron chi connectivity index (χ3n) is 4.86. The Kier molecular flexibility index (Phi) is 6.39. The van der Waals surface area contributed by atoms with Gasteiger partial charge in [-0.3, -0.25) is 0 Å². The summed E-state index contributed by atoms with van der Waals surface area (Å²) in [4.78, 5) is 3.25. The van der Waals surface area contributed by atoms with Crippen molar-refractivity contribution in [3.05, 3.63) is 65.4 Å². The number of aromatic amines is 1. The van der Waals surface area contributed by atoms with Gasteiger partial charge in [0, 0.05) is 30.7 Å². The molecular weight excluding hydrogens is 374 g/mol. The Morgan fingerprint density at radius 2 is 1.82 bits per heavy atom. The zero-order valence-electron chi connectivity index (χ0n) is 16.5. The number of H-pyrrole nitrogens is 1. The largest absolute Gasteiger partial charge is 0.497 e.